The third kappa shape index (κ3) is 3.87. The summed E-state index contributed by atoms with van der Waals surface area (Å²) in [7, 11) is -4.57. The highest BCUT2D eigenvalue weighted by atomic mass is 32.2. The molecule has 1 unspecified atom stereocenters. The molecule has 22 heavy (non-hydrogen) atoms. The minimum atomic E-state index is -5.14. The van der Waals surface area contributed by atoms with Gasteiger partial charge in [0.1, 0.15) is 5.82 Å². The first kappa shape index (κ1) is 17.0. The second-order valence-electron chi connectivity index (χ2n) is 5.08. The molecule has 1 aliphatic heterocycles. The normalized spacial score (nSPS) is 22.8. The van der Waals surface area contributed by atoms with E-state index in [0.717, 1.165) is 18.2 Å². The predicted octanol–water partition coefficient (Wildman–Crippen LogP) is 2.18. The van der Waals surface area contributed by atoms with Crippen LogP contribution >= 0.6 is 0 Å². The maximum Gasteiger partial charge on any atom is 0.573 e. The molecule has 1 heterocycles. The number of nitrogens with one attached hydrogen (secondary N) is 1. The minimum Gasteiger partial charge on any atom is -0.404 e. The molecule has 0 bridgehead atoms. The lowest BCUT2D eigenvalue weighted by Crippen LogP contribution is -2.46. The highest BCUT2D eigenvalue weighted by Crippen LogP contribution is 2.32. The van der Waals surface area contributed by atoms with Gasteiger partial charge in [-0.15, -0.1) is 13.2 Å². The largest absolute Gasteiger partial charge is 0.573 e. The zero-order valence-corrected chi connectivity index (χ0v) is 12.2. The summed E-state index contributed by atoms with van der Waals surface area (Å²) in [5.41, 5.74) is -1.02. The van der Waals surface area contributed by atoms with Crippen molar-refractivity contribution in [2.75, 3.05) is 13.2 Å². The van der Waals surface area contributed by atoms with Crippen molar-refractivity contribution in [3.05, 3.63) is 24.0 Å². The topological polar surface area (TPSA) is 64.6 Å². The van der Waals surface area contributed by atoms with Gasteiger partial charge in [0.25, 0.3) is 0 Å². The van der Waals surface area contributed by atoms with Crippen LogP contribution in [0.5, 0.6) is 5.75 Å². The Kier molecular flexibility index (Phi) is 4.37. The lowest BCUT2D eigenvalue weighted by molar-refractivity contribution is -0.275. The molecule has 1 aliphatic rings. The van der Waals surface area contributed by atoms with Crippen molar-refractivity contribution in [3.8, 4) is 5.75 Å². The lowest BCUT2D eigenvalue weighted by Gasteiger charge is -2.24. The third-order valence-electron chi connectivity index (χ3n) is 3.02. The molecule has 5 nitrogen and oxygen atoms in total. The van der Waals surface area contributed by atoms with E-state index in [4.69, 9.17) is 4.74 Å². The Morgan fingerprint density at radius 2 is 2.05 bits per heavy atom. The van der Waals surface area contributed by atoms with Crippen LogP contribution in [0.25, 0.3) is 0 Å². The van der Waals surface area contributed by atoms with Crippen molar-refractivity contribution in [3.63, 3.8) is 0 Å². The van der Waals surface area contributed by atoms with Crippen molar-refractivity contribution in [1.29, 1.82) is 0 Å². The standard InChI is InChI=1S/C12H13F4NO4S/c1-11(5-6-20-7-11)17-22(18,19)10-8(13)3-2-4-9(10)21-12(14,15)16/h2-4,17H,5-7H2,1H3. The van der Waals surface area contributed by atoms with Crippen LogP contribution in [0.15, 0.2) is 23.1 Å². The first-order valence-corrected chi connectivity index (χ1v) is 7.67. The molecule has 1 aromatic rings. The Hall–Kier alpha value is -1.39. The van der Waals surface area contributed by atoms with Gasteiger partial charge in [-0.25, -0.2) is 17.5 Å². The fourth-order valence-electron chi connectivity index (χ4n) is 2.08. The number of rotatable bonds is 4. The summed E-state index contributed by atoms with van der Waals surface area (Å²) in [6, 6.07) is 2.40. The van der Waals surface area contributed by atoms with Gasteiger partial charge in [-0.2, -0.15) is 0 Å². The summed E-state index contributed by atoms with van der Waals surface area (Å²) < 4.78 is 86.2. The molecule has 0 aliphatic carbocycles. The summed E-state index contributed by atoms with van der Waals surface area (Å²) in [6.45, 7) is 1.85. The monoisotopic (exact) mass is 343 g/mol. The van der Waals surface area contributed by atoms with Gasteiger partial charge in [0.2, 0.25) is 10.0 Å². The van der Waals surface area contributed by atoms with Gasteiger partial charge in [-0.1, -0.05) is 6.07 Å². The Balaban J connectivity index is 2.41. The molecule has 1 fully saturated rings. The number of ether oxygens (including phenoxy) is 2. The van der Waals surface area contributed by atoms with E-state index >= 15 is 0 Å². The highest BCUT2D eigenvalue weighted by molar-refractivity contribution is 7.89. The summed E-state index contributed by atoms with van der Waals surface area (Å²) >= 11 is 0. The zero-order valence-electron chi connectivity index (χ0n) is 11.4. The molecule has 1 saturated heterocycles. The van der Waals surface area contributed by atoms with E-state index < -0.39 is 38.4 Å². The van der Waals surface area contributed by atoms with Crippen LogP contribution in [0.3, 0.4) is 0 Å². The molecule has 0 saturated carbocycles. The maximum absolute atomic E-state index is 13.8. The van der Waals surface area contributed by atoms with E-state index in [9.17, 15) is 26.0 Å². The van der Waals surface area contributed by atoms with Gasteiger partial charge in [-0.3, -0.25) is 0 Å². The van der Waals surface area contributed by atoms with Crippen molar-refractivity contribution in [1.82, 2.24) is 4.72 Å². The average molecular weight is 343 g/mol. The quantitative estimate of drug-likeness (QED) is 0.851. The first-order valence-electron chi connectivity index (χ1n) is 6.18. The Bertz CT molecular complexity index is 654. The van der Waals surface area contributed by atoms with Crippen molar-refractivity contribution >= 4 is 10.0 Å². The molecule has 1 N–H and O–H groups in total. The fraction of sp³-hybridized carbons (Fsp3) is 0.500. The van der Waals surface area contributed by atoms with Crippen LogP contribution < -0.4 is 9.46 Å². The highest BCUT2D eigenvalue weighted by Gasteiger charge is 2.39. The Labute approximate surface area is 124 Å². The fourth-order valence-corrected chi connectivity index (χ4v) is 3.69. The maximum atomic E-state index is 13.8. The van der Waals surface area contributed by atoms with Crippen LogP contribution in [0.4, 0.5) is 17.6 Å². The van der Waals surface area contributed by atoms with E-state index in [0.29, 0.717) is 13.0 Å². The minimum absolute atomic E-state index is 0.0378. The first-order chi connectivity index (χ1) is 10.0. The van der Waals surface area contributed by atoms with Crippen molar-refractivity contribution < 1.29 is 35.5 Å². The Morgan fingerprint density at radius 3 is 2.59 bits per heavy atom. The summed E-state index contributed by atoms with van der Waals surface area (Å²) in [6.07, 6.45) is -4.82. The summed E-state index contributed by atoms with van der Waals surface area (Å²) in [5.74, 6) is -2.46. The van der Waals surface area contributed by atoms with E-state index in [-0.39, 0.29) is 6.61 Å². The molecule has 0 aromatic heterocycles. The van der Waals surface area contributed by atoms with Crippen molar-refractivity contribution in [2.45, 2.75) is 30.1 Å². The van der Waals surface area contributed by atoms with Crippen LogP contribution in [0.2, 0.25) is 0 Å². The molecule has 1 aromatic carbocycles. The molecule has 2 rings (SSSR count). The predicted molar refractivity (Wildman–Crippen MR) is 67.2 cm³/mol. The van der Waals surface area contributed by atoms with E-state index in [1.807, 2.05) is 0 Å². The van der Waals surface area contributed by atoms with Gasteiger partial charge in [0, 0.05) is 6.61 Å². The number of benzene rings is 1. The SMILES string of the molecule is CC1(NS(=O)(=O)c2c(F)cccc2OC(F)(F)F)CCOC1. The number of hydrogen-bond donors (Lipinski definition) is 1. The van der Waals surface area contributed by atoms with Crippen LogP contribution in [-0.2, 0) is 14.8 Å². The smallest absolute Gasteiger partial charge is 0.404 e. The molecular formula is C12H13F4NO4S. The van der Waals surface area contributed by atoms with Crippen molar-refractivity contribution in [2.24, 2.45) is 0 Å². The van der Waals surface area contributed by atoms with Crippen LogP contribution in [-0.4, -0.2) is 33.5 Å². The van der Waals surface area contributed by atoms with Crippen LogP contribution in [0, 0.1) is 5.82 Å². The Morgan fingerprint density at radius 1 is 1.36 bits per heavy atom. The van der Waals surface area contributed by atoms with E-state index in [1.54, 1.807) is 0 Å². The molecule has 1 atom stereocenters. The summed E-state index contributed by atoms with van der Waals surface area (Å²) in [5, 5.41) is 0. The summed E-state index contributed by atoms with van der Waals surface area (Å²) in [4.78, 5) is -1.18. The molecule has 0 spiro atoms. The molecule has 0 amide bonds. The van der Waals surface area contributed by atoms with E-state index in [2.05, 4.69) is 9.46 Å². The molecule has 124 valence electrons. The zero-order chi connectivity index (χ0) is 16.6. The van der Waals surface area contributed by atoms with Gasteiger partial charge < -0.3 is 9.47 Å². The molecular weight excluding hydrogens is 330 g/mol. The second-order valence-corrected chi connectivity index (χ2v) is 6.70. The number of sulfonamides is 1. The number of hydrogen-bond acceptors (Lipinski definition) is 4. The van der Waals surface area contributed by atoms with Gasteiger partial charge in [-0.05, 0) is 25.5 Å². The molecule has 0 radical (unpaired) electrons. The van der Waals surface area contributed by atoms with E-state index in [1.165, 1.54) is 6.92 Å². The van der Waals surface area contributed by atoms with Gasteiger partial charge >= 0.3 is 6.36 Å². The van der Waals surface area contributed by atoms with Gasteiger partial charge in [0.05, 0.1) is 12.1 Å². The van der Waals surface area contributed by atoms with Crippen LogP contribution in [0.1, 0.15) is 13.3 Å². The average Bonchev–Trinajstić information content (AvgIpc) is 2.71. The van der Waals surface area contributed by atoms with Gasteiger partial charge in [0.15, 0.2) is 10.6 Å². The second kappa shape index (κ2) is 5.67. The number of alkyl halides is 3. The number of halogens is 4. The third-order valence-corrected chi connectivity index (χ3v) is 4.72. The molecule has 10 heteroatoms. The lowest BCUT2D eigenvalue weighted by atomic mass is 10.0.